The van der Waals surface area contributed by atoms with Crippen molar-refractivity contribution < 1.29 is 14.4 Å². The van der Waals surface area contributed by atoms with Crippen LogP contribution in [-0.2, 0) is 4.84 Å². The first-order chi connectivity index (χ1) is 23.0. The number of benzene rings is 5. The molecule has 5 aromatic rings. The van der Waals surface area contributed by atoms with Gasteiger partial charge in [0.2, 0.25) is 0 Å². The molecule has 5 aromatic carbocycles. The van der Waals surface area contributed by atoms with E-state index in [0.717, 1.165) is 66.0 Å². The second kappa shape index (κ2) is 14.3. The van der Waals surface area contributed by atoms with Crippen LogP contribution in [0.1, 0.15) is 66.1 Å². The number of hydrogen-bond donors (Lipinski definition) is 1. The number of aryl methyl sites for hydroxylation is 1. The molecule has 1 N–H and O–H groups in total. The third-order valence-electron chi connectivity index (χ3n) is 9.17. The van der Waals surface area contributed by atoms with Crippen molar-refractivity contribution in [3.05, 3.63) is 156 Å². The summed E-state index contributed by atoms with van der Waals surface area (Å²) in [5.74, 6) is 0.00788. The lowest BCUT2D eigenvalue weighted by Crippen LogP contribution is -2.29. The summed E-state index contributed by atoms with van der Waals surface area (Å²) in [4.78, 5) is 33.6. The summed E-state index contributed by atoms with van der Waals surface area (Å²) in [7, 11) is 0. The number of oxime groups is 1. The van der Waals surface area contributed by atoms with Crippen LogP contribution in [0, 0.1) is 12.3 Å². The summed E-state index contributed by atoms with van der Waals surface area (Å²) < 4.78 is 0. The molecule has 47 heavy (non-hydrogen) atoms. The van der Waals surface area contributed by atoms with Gasteiger partial charge in [-0.05, 0) is 92.4 Å². The minimum absolute atomic E-state index is 0.00788. The Balaban J connectivity index is 1.31. The van der Waals surface area contributed by atoms with Gasteiger partial charge in [0.05, 0.1) is 5.71 Å². The largest absolute Gasteiger partial charge is 0.437 e. The first kappa shape index (κ1) is 31.5. The highest BCUT2D eigenvalue weighted by molar-refractivity contribution is 6.10. The predicted octanol–water partition coefficient (Wildman–Crippen LogP) is 10.6. The fraction of sp³-hybridized carbons (Fsp3) is 0.195. The first-order valence-electron chi connectivity index (χ1n) is 16.2. The van der Waals surface area contributed by atoms with Gasteiger partial charge in [-0.1, -0.05) is 97.7 Å². The molecule has 1 saturated carbocycles. The Labute approximate surface area is 276 Å². The molecule has 0 bridgehead atoms. The normalized spacial score (nSPS) is 14.0. The van der Waals surface area contributed by atoms with Crippen molar-refractivity contribution in [1.29, 1.82) is 0 Å². The maximum Gasteiger partial charge on any atom is 0.437 e. The van der Waals surface area contributed by atoms with Crippen molar-refractivity contribution in [1.82, 2.24) is 0 Å². The van der Waals surface area contributed by atoms with Gasteiger partial charge in [0, 0.05) is 44.9 Å². The summed E-state index contributed by atoms with van der Waals surface area (Å²) >= 11 is 0. The maximum absolute atomic E-state index is 13.3. The number of carbonyl (C=O) groups excluding carboxylic acids is 2. The van der Waals surface area contributed by atoms with Gasteiger partial charge in [0.15, 0.2) is 5.78 Å². The zero-order valence-corrected chi connectivity index (χ0v) is 26.9. The summed E-state index contributed by atoms with van der Waals surface area (Å²) in [6.45, 7) is 4.14. The fourth-order valence-electron chi connectivity index (χ4n) is 6.55. The Morgan fingerprint density at radius 3 is 1.83 bits per heavy atom. The smallest absolute Gasteiger partial charge is 0.311 e. The van der Waals surface area contributed by atoms with Crippen LogP contribution in [0.2, 0.25) is 0 Å². The lowest BCUT2D eigenvalue weighted by Gasteiger charge is -2.30. The Morgan fingerprint density at radius 2 is 1.23 bits per heavy atom. The molecule has 6 nitrogen and oxygen atoms in total. The second-order valence-corrected chi connectivity index (χ2v) is 12.1. The quantitative estimate of drug-likeness (QED) is 0.0729. The fourth-order valence-corrected chi connectivity index (χ4v) is 6.55. The molecule has 1 aliphatic rings. The van der Waals surface area contributed by atoms with Gasteiger partial charge in [0.25, 0.3) is 0 Å². The van der Waals surface area contributed by atoms with Gasteiger partial charge < -0.3 is 4.90 Å². The van der Waals surface area contributed by atoms with E-state index in [4.69, 9.17) is 4.84 Å². The van der Waals surface area contributed by atoms with Crippen molar-refractivity contribution in [2.75, 3.05) is 10.2 Å². The highest BCUT2D eigenvalue weighted by Crippen LogP contribution is 2.45. The molecule has 1 fully saturated rings. The summed E-state index contributed by atoms with van der Waals surface area (Å²) in [5, 5.41) is 7.28. The van der Waals surface area contributed by atoms with Gasteiger partial charge in [-0.2, -0.15) is 0 Å². The average Bonchev–Trinajstić information content (AvgIpc) is 3.60. The lowest BCUT2D eigenvalue weighted by atomic mass is 9.76. The van der Waals surface area contributed by atoms with E-state index in [1.807, 2.05) is 104 Å². The zero-order valence-electron chi connectivity index (χ0n) is 26.9. The molecule has 0 unspecified atom stereocenters. The molecule has 236 valence electrons. The second-order valence-electron chi connectivity index (χ2n) is 12.1. The topological polar surface area (TPSA) is 71.0 Å². The SMILES string of the molecule is CCC1(/C(=N\OC(=O)Nc2ccccc2)c2ccc(N(c3ccccc3)c3ccc(C(=O)c4ccccc4C)cc3)cc2)CCCC1. The number of para-hydroxylation sites is 2. The van der Waals surface area contributed by atoms with Crippen LogP contribution >= 0.6 is 0 Å². The van der Waals surface area contributed by atoms with Crippen molar-refractivity contribution >= 4 is 40.3 Å². The van der Waals surface area contributed by atoms with E-state index in [1.165, 1.54) is 0 Å². The first-order valence-corrected chi connectivity index (χ1v) is 16.2. The lowest BCUT2D eigenvalue weighted by molar-refractivity contribution is 0.103. The Hall–Kier alpha value is -5.49. The molecule has 0 saturated heterocycles. The highest BCUT2D eigenvalue weighted by atomic mass is 16.7. The van der Waals surface area contributed by atoms with E-state index >= 15 is 0 Å². The standard InChI is InChI=1S/C41H39N3O3/c1-3-41(28-12-13-29-41)39(43-47-40(46)42-33-15-6-4-7-16-33)32-22-26-36(27-23-32)44(34-17-8-5-9-18-34)35-24-20-31(21-25-35)38(45)37-19-11-10-14-30(37)2/h4-11,14-27H,3,12-13,28-29H2,1-2H3,(H,42,46)/b43-39-. The van der Waals surface area contributed by atoms with Gasteiger partial charge in [-0.25, -0.2) is 4.79 Å². The van der Waals surface area contributed by atoms with Crippen LogP contribution in [0.5, 0.6) is 0 Å². The summed E-state index contributed by atoms with van der Waals surface area (Å²) in [6, 6.07) is 43.1. The van der Waals surface area contributed by atoms with E-state index in [2.05, 4.69) is 58.7 Å². The Morgan fingerprint density at radius 1 is 0.702 bits per heavy atom. The number of anilines is 4. The van der Waals surface area contributed by atoms with Crippen molar-refractivity contribution in [3.8, 4) is 0 Å². The molecule has 0 aromatic heterocycles. The maximum atomic E-state index is 13.3. The molecule has 1 aliphatic carbocycles. The molecule has 0 atom stereocenters. The van der Waals surface area contributed by atoms with Crippen molar-refractivity contribution in [2.24, 2.45) is 10.6 Å². The van der Waals surface area contributed by atoms with E-state index in [1.54, 1.807) is 0 Å². The van der Waals surface area contributed by atoms with E-state index in [-0.39, 0.29) is 11.2 Å². The van der Waals surface area contributed by atoms with Crippen molar-refractivity contribution in [3.63, 3.8) is 0 Å². The number of rotatable bonds is 10. The van der Waals surface area contributed by atoms with Crippen LogP contribution in [-0.4, -0.2) is 17.6 Å². The number of ketones is 1. The summed E-state index contributed by atoms with van der Waals surface area (Å²) in [6.07, 6.45) is 4.51. The van der Waals surface area contributed by atoms with E-state index in [9.17, 15) is 9.59 Å². The molecule has 0 aliphatic heterocycles. The van der Waals surface area contributed by atoms with Gasteiger partial charge in [-0.3, -0.25) is 14.9 Å². The minimum Gasteiger partial charge on any atom is -0.311 e. The third kappa shape index (κ3) is 7.02. The van der Waals surface area contributed by atoms with Crippen LogP contribution in [0.25, 0.3) is 0 Å². The average molecular weight is 622 g/mol. The molecule has 0 radical (unpaired) electrons. The van der Waals surface area contributed by atoms with E-state index in [0.29, 0.717) is 16.8 Å². The van der Waals surface area contributed by atoms with Crippen LogP contribution in [0.4, 0.5) is 27.5 Å². The number of carbonyl (C=O) groups is 2. The number of nitrogens with zero attached hydrogens (tertiary/aromatic N) is 2. The van der Waals surface area contributed by atoms with Gasteiger partial charge in [0.1, 0.15) is 0 Å². The number of nitrogens with one attached hydrogen (secondary N) is 1. The Kier molecular flexibility index (Phi) is 9.58. The van der Waals surface area contributed by atoms with Gasteiger partial charge >= 0.3 is 6.09 Å². The zero-order chi connectivity index (χ0) is 32.6. The number of hydrogen-bond acceptors (Lipinski definition) is 5. The highest BCUT2D eigenvalue weighted by Gasteiger charge is 2.39. The molecular formula is C41H39N3O3. The predicted molar refractivity (Wildman–Crippen MR) is 190 cm³/mol. The number of amides is 1. The van der Waals surface area contributed by atoms with Crippen LogP contribution < -0.4 is 10.2 Å². The molecule has 0 heterocycles. The van der Waals surface area contributed by atoms with Gasteiger partial charge in [-0.15, -0.1) is 0 Å². The van der Waals surface area contributed by atoms with Crippen molar-refractivity contribution in [2.45, 2.75) is 46.0 Å². The molecule has 6 rings (SSSR count). The third-order valence-corrected chi connectivity index (χ3v) is 9.17. The van der Waals surface area contributed by atoms with E-state index < -0.39 is 6.09 Å². The van der Waals surface area contributed by atoms with Crippen LogP contribution in [0.15, 0.2) is 139 Å². The molecule has 1 amide bonds. The molecule has 6 heteroatoms. The van der Waals surface area contributed by atoms with Crippen LogP contribution in [0.3, 0.4) is 0 Å². The summed E-state index contributed by atoms with van der Waals surface area (Å²) in [5.41, 5.74) is 7.42. The molecule has 0 spiro atoms. The minimum atomic E-state index is -0.617. The Bertz CT molecular complexity index is 1840. The molecular weight excluding hydrogens is 582 g/mol. The monoisotopic (exact) mass is 621 g/mol.